The van der Waals surface area contributed by atoms with E-state index in [2.05, 4.69) is 13.8 Å². The van der Waals surface area contributed by atoms with Crippen LogP contribution in [0.15, 0.2) is 0 Å². The summed E-state index contributed by atoms with van der Waals surface area (Å²) in [5.74, 6) is -1.47. The molecule has 11 unspecified atom stereocenters. The van der Waals surface area contributed by atoms with Gasteiger partial charge >= 0.3 is 5.97 Å². The minimum Gasteiger partial charge on any atom is -0.481 e. The standard InChI is InChI=1S/C28H44O7/c1-14(6-9-24(34)35)19-7-8-20-25-21(12-23(33)26(19,20)4)27(5)17(11-22(25)32)10-18(31)13-28(27,15(2)29)16(3)30/h14,17-23,25,31-33H,6-13H2,1-5H3,(H,34,35). The summed E-state index contributed by atoms with van der Waals surface area (Å²) in [4.78, 5) is 37.7. The Balaban J connectivity index is 1.76. The second-order valence-electron chi connectivity index (χ2n) is 12.9. The average molecular weight is 493 g/mol. The molecule has 198 valence electrons. The Morgan fingerprint density at radius 2 is 1.57 bits per heavy atom. The molecule has 4 aliphatic rings. The van der Waals surface area contributed by atoms with Gasteiger partial charge in [-0.3, -0.25) is 14.4 Å². The van der Waals surface area contributed by atoms with E-state index in [0.29, 0.717) is 25.7 Å². The lowest BCUT2D eigenvalue weighted by Crippen LogP contribution is -2.69. The molecule has 0 aliphatic heterocycles. The normalized spacial score (nSPS) is 47.2. The molecule has 0 heterocycles. The van der Waals surface area contributed by atoms with Gasteiger partial charge in [0.25, 0.3) is 0 Å². The number of Topliss-reactive ketones (excluding diaryl/α,β-unsaturated/α-hetero) is 2. The molecule has 0 aromatic carbocycles. The Bertz CT molecular complexity index is 871. The molecule has 0 bridgehead atoms. The van der Waals surface area contributed by atoms with E-state index in [0.717, 1.165) is 12.8 Å². The van der Waals surface area contributed by atoms with E-state index in [4.69, 9.17) is 0 Å². The highest BCUT2D eigenvalue weighted by Crippen LogP contribution is 2.71. The third kappa shape index (κ3) is 3.58. The van der Waals surface area contributed by atoms with Crippen molar-refractivity contribution in [2.24, 2.45) is 51.8 Å². The highest BCUT2D eigenvalue weighted by atomic mass is 16.4. The predicted molar refractivity (Wildman–Crippen MR) is 129 cm³/mol. The summed E-state index contributed by atoms with van der Waals surface area (Å²) in [6, 6.07) is 0. The molecule has 0 amide bonds. The largest absolute Gasteiger partial charge is 0.481 e. The van der Waals surface area contributed by atoms with E-state index < -0.39 is 40.5 Å². The molecule has 0 spiro atoms. The van der Waals surface area contributed by atoms with Crippen molar-refractivity contribution in [3.8, 4) is 0 Å². The fraction of sp³-hybridized carbons (Fsp3) is 0.893. The topological polar surface area (TPSA) is 132 Å². The summed E-state index contributed by atoms with van der Waals surface area (Å²) in [5.41, 5.74) is -2.52. The number of hydrogen-bond donors (Lipinski definition) is 4. The lowest BCUT2D eigenvalue weighted by molar-refractivity contribution is -0.239. The molecule has 11 atom stereocenters. The quantitative estimate of drug-likeness (QED) is 0.419. The van der Waals surface area contributed by atoms with Gasteiger partial charge in [-0.25, -0.2) is 0 Å². The lowest BCUT2D eigenvalue weighted by atomic mass is 9.36. The third-order valence-electron chi connectivity index (χ3n) is 11.8. The monoisotopic (exact) mass is 492 g/mol. The summed E-state index contributed by atoms with van der Waals surface area (Å²) in [5, 5.41) is 43.2. The Labute approximate surface area is 208 Å². The number of fused-ring (bicyclic) bond motifs is 5. The first-order valence-corrected chi connectivity index (χ1v) is 13.5. The predicted octanol–water partition coefficient (Wildman–Crippen LogP) is 3.22. The average Bonchev–Trinajstić information content (AvgIpc) is 3.11. The van der Waals surface area contributed by atoms with E-state index in [-0.39, 0.29) is 59.9 Å². The van der Waals surface area contributed by atoms with Crippen molar-refractivity contribution in [2.45, 2.75) is 104 Å². The van der Waals surface area contributed by atoms with Gasteiger partial charge in [-0.1, -0.05) is 20.8 Å². The number of hydrogen-bond acceptors (Lipinski definition) is 6. The van der Waals surface area contributed by atoms with Crippen molar-refractivity contribution in [3.63, 3.8) is 0 Å². The number of rotatable bonds is 6. The Hall–Kier alpha value is -1.31. The SMILES string of the molecule is CC(=O)C1(C(C)=O)CC(O)CC2CC(O)C3C4CCC(C(C)CCC(=O)O)C4(C)C(O)CC3C21C. The van der Waals surface area contributed by atoms with Crippen LogP contribution >= 0.6 is 0 Å². The Morgan fingerprint density at radius 3 is 2.14 bits per heavy atom. The minimum absolute atomic E-state index is 0.0322. The molecule has 0 aromatic heterocycles. The van der Waals surface area contributed by atoms with Crippen LogP contribution < -0.4 is 0 Å². The van der Waals surface area contributed by atoms with Crippen molar-refractivity contribution in [1.82, 2.24) is 0 Å². The summed E-state index contributed by atoms with van der Waals surface area (Å²) >= 11 is 0. The zero-order valence-electron chi connectivity index (χ0n) is 21.9. The van der Waals surface area contributed by atoms with Crippen LogP contribution in [0.2, 0.25) is 0 Å². The molecule has 0 radical (unpaired) electrons. The number of ketones is 2. The van der Waals surface area contributed by atoms with Gasteiger partial charge in [-0.15, -0.1) is 0 Å². The zero-order chi connectivity index (χ0) is 26.1. The summed E-state index contributed by atoms with van der Waals surface area (Å²) < 4.78 is 0. The van der Waals surface area contributed by atoms with Gasteiger partial charge in [-0.2, -0.15) is 0 Å². The van der Waals surface area contributed by atoms with Crippen LogP contribution in [-0.4, -0.2) is 56.3 Å². The summed E-state index contributed by atoms with van der Waals surface area (Å²) in [6.45, 7) is 9.13. The molecule has 4 rings (SSSR count). The second kappa shape index (κ2) is 8.91. The molecular weight excluding hydrogens is 448 g/mol. The van der Waals surface area contributed by atoms with Gasteiger partial charge in [0.1, 0.15) is 11.6 Å². The van der Waals surface area contributed by atoms with Crippen LogP contribution in [0.1, 0.15) is 86.0 Å². The van der Waals surface area contributed by atoms with Gasteiger partial charge in [0.15, 0.2) is 0 Å². The maximum Gasteiger partial charge on any atom is 0.303 e. The lowest BCUT2D eigenvalue weighted by Gasteiger charge is -2.67. The van der Waals surface area contributed by atoms with Crippen molar-refractivity contribution in [1.29, 1.82) is 0 Å². The van der Waals surface area contributed by atoms with E-state index in [1.165, 1.54) is 13.8 Å². The highest BCUT2D eigenvalue weighted by molar-refractivity contribution is 6.06. The van der Waals surface area contributed by atoms with Crippen LogP contribution in [0.3, 0.4) is 0 Å². The van der Waals surface area contributed by atoms with Crippen LogP contribution in [0.5, 0.6) is 0 Å². The smallest absolute Gasteiger partial charge is 0.303 e. The Kier molecular flexibility index (Phi) is 6.81. The zero-order valence-corrected chi connectivity index (χ0v) is 21.9. The first kappa shape index (κ1) is 26.7. The van der Waals surface area contributed by atoms with Crippen LogP contribution in [-0.2, 0) is 14.4 Å². The number of carbonyl (C=O) groups excluding carboxylic acids is 2. The third-order valence-corrected chi connectivity index (χ3v) is 11.8. The Morgan fingerprint density at radius 1 is 0.943 bits per heavy atom. The number of aliphatic hydroxyl groups is 3. The van der Waals surface area contributed by atoms with Crippen molar-refractivity contribution in [3.05, 3.63) is 0 Å². The van der Waals surface area contributed by atoms with E-state index in [1.54, 1.807) is 0 Å². The molecule has 4 saturated carbocycles. The fourth-order valence-electron chi connectivity index (χ4n) is 10.2. The second-order valence-corrected chi connectivity index (χ2v) is 12.9. The molecule has 4 fully saturated rings. The van der Waals surface area contributed by atoms with Crippen molar-refractivity contribution < 1.29 is 34.8 Å². The number of aliphatic hydroxyl groups excluding tert-OH is 3. The molecule has 0 saturated heterocycles. The molecule has 4 N–H and O–H groups in total. The van der Waals surface area contributed by atoms with Crippen molar-refractivity contribution in [2.75, 3.05) is 0 Å². The van der Waals surface area contributed by atoms with E-state index in [9.17, 15) is 34.8 Å². The maximum absolute atomic E-state index is 13.3. The minimum atomic E-state index is -1.32. The van der Waals surface area contributed by atoms with E-state index in [1.807, 2.05) is 6.92 Å². The van der Waals surface area contributed by atoms with Crippen molar-refractivity contribution >= 4 is 17.5 Å². The molecule has 7 nitrogen and oxygen atoms in total. The number of carbonyl (C=O) groups is 3. The number of carboxylic acids is 1. The van der Waals surface area contributed by atoms with E-state index >= 15 is 0 Å². The number of aliphatic carboxylic acids is 1. The molecule has 35 heavy (non-hydrogen) atoms. The summed E-state index contributed by atoms with van der Waals surface area (Å²) in [6.07, 6.45) is 1.72. The molecule has 7 heteroatoms. The summed E-state index contributed by atoms with van der Waals surface area (Å²) in [7, 11) is 0. The molecular formula is C28H44O7. The van der Waals surface area contributed by atoms with Gasteiger partial charge in [0.05, 0.1) is 23.7 Å². The van der Waals surface area contributed by atoms with Crippen LogP contribution in [0.25, 0.3) is 0 Å². The van der Waals surface area contributed by atoms with Gasteiger partial charge < -0.3 is 20.4 Å². The van der Waals surface area contributed by atoms with Gasteiger partial charge in [0, 0.05) is 6.42 Å². The van der Waals surface area contributed by atoms with Crippen LogP contribution in [0, 0.1) is 51.8 Å². The molecule has 4 aliphatic carbocycles. The first-order chi connectivity index (χ1) is 16.2. The fourth-order valence-corrected chi connectivity index (χ4v) is 10.2. The van der Waals surface area contributed by atoms with Crippen LogP contribution in [0.4, 0.5) is 0 Å². The number of carboxylic acid groups (broad SMARTS) is 1. The van der Waals surface area contributed by atoms with Gasteiger partial charge in [0.2, 0.25) is 0 Å². The first-order valence-electron chi connectivity index (χ1n) is 13.5. The highest BCUT2D eigenvalue weighted by Gasteiger charge is 2.72. The maximum atomic E-state index is 13.3. The van der Waals surface area contributed by atoms with Gasteiger partial charge in [-0.05, 0) is 105 Å². The molecule has 0 aromatic rings.